The van der Waals surface area contributed by atoms with Crippen LogP contribution in [0.25, 0.3) is 0 Å². The molecule has 0 radical (unpaired) electrons. The van der Waals surface area contributed by atoms with Gasteiger partial charge in [0.1, 0.15) is 11.3 Å². The van der Waals surface area contributed by atoms with Gasteiger partial charge in [-0.15, -0.1) is 0 Å². The maximum Gasteiger partial charge on any atom is 0.339 e. The Morgan fingerprint density at radius 3 is 2.94 bits per heavy atom. The Kier molecular flexibility index (Phi) is 4.70. The van der Waals surface area contributed by atoms with Crippen molar-refractivity contribution in [1.82, 2.24) is 5.32 Å². The second-order valence-corrected chi connectivity index (χ2v) is 5.06. The van der Waals surface area contributed by atoms with E-state index in [0.717, 1.165) is 0 Å². The number of hydrogen-bond acceptors (Lipinski definition) is 4. The number of carboxylic acid groups (broad SMARTS) is 1. The largest absolute Gasteiger partial charge is 0.478 e. The Morgan fingerprint density at radius 2 is 2.38 bits per heavy atom. The third kappa shape index (κ3) is 3.79. The van der Waals surface area contributed by atoms with Crippen LogP contribution in [0.15, 0.2) is 16.7 Å². The zero-order valence-electron chi connectivity index (χ0n) is 9.23. The first-order chi connectivity index (χ1) is 7.50. The predicted molar refractivity (Wildman–Crippen MR) is 60.9 cm³/mol. The van der Waals surface area contributed by atoms with Gasteiger partial charge in [-0.05, 0) is 13.0 Å². The standard InChI is InChI=1S/C10H15NO4S/c1-7(6-16(2)14)11-5-9-8(10(12)13)3-4-15-9/h3-4,7,11H,5-6H2,1-2H3,(H,12,13). The van der Waals surface area contributed by atoms with Crippen LogP contribution in [0.4, 0.5) is 0 Å². The lowest BCUT2D eigenvalue weighted by molar-refractivity contribution is 0.0694. The summed E-state index contributed by atoms with van der Waals surface area (Å²) >= 11 is 0. The van der Waals surface area contributed by atoms with Crippen LogP contribution >= 0.6 is 0 Å². The van der Waals surface area contributed by atoms with Crippen LogP contribution in [0.3, 0.4) is 0 Å². The van der Waals surface area contributed by atoms with E-state index >= 15 is 0 Å². The average Bonchev–Trinajstić information content (AvgIpc) is 2.61. The van der Waals surface area contributed by atoms with E-state index in [1.54, 1.807) is 6.26 Å². The topological polar surface area (TPSA) is 79.5 Å². The Hall–Kier alpha value is -1.14. The van der Waals surface area contributed by atoms with Crippen LogP contribution in [0.5, 0.6) is 0 Å². The van der Waals surface area contributed by atoms with E-state index in [1.165, 1.54) is 12.3 Å². The number of aromatic carboxylic acids is 1. The summed E-state index contributed by atoms with van der Waals surface area (Å²) < 4.78 is 16.0. The number of carbonyl (C=O) groups is 1. The van der Waals surface area contributed by atoms with Gasteiger partial charge in [-0.3, -0.25) is 4.21 Å². The van der Waals surface area contributed by atoms with Gasteiger partial charge >= 0.3 is 5.97 Å². The summed E-state index contributed by atoms with van der Waals surface area (Å²) in [6, 6.07) is 1.47. The van der Waals surface area contributed by atoms with Gasteiger partial charge in [0.25, 0.3) is 0 Å². The molecular weight excluding hydrogens is 230 g/mol. The second-order valence-electron chi connectivity index (χ2n) is 3.58. The van der Waals surface area contributed by atoms with Crippen molar-refractivity contribution in [3.63, 3.8) is 0 Å². The molecule has 1 heterocycles. The maximum atomic E-state index is 10.9. The SMILES string of the molecule is CC(CS(C)=O)NCc1occc1C(=O)O. The van der Waals surface area contributed by atoms with Crippen LogP contribution < -0.4 is 5.32 Å². The molecule has 0 aliphatic carbocycles. The quantitative estimate of drug-likeness (QED) is 0.776. The van der Waals surface area contributed by atoms with E-state index in [9.17, 15) is 9.00 Å². The highest BCUT2D eigenvalue weighted by Crippen LogP contribution is 2.10. The molecule has 2 N–H and O–H groups in total. The third-order valence-electron chi connectivity index (χ3n) is 2.07. The van der Waals surface area contributed by atoms with E-state index < -0.39 is 16.8 Å². The number of nitrogens with one attached hydrogen (secondary N) is 1. The fourth-order valence-corrected chi connectivity index (χ4v) is 2.17. The summed E-state index contributed by atoms with van der Waals surface area (Å²) in [7, 11) is -0.868. The zero-order chi connectivity index (χ0) is 12.1. The molecular formula is C10H15NO4S. The number of hydrogen-bond donors (Lipinski definition) is 2. The molecule has 16 heavy (non-hydrogen) atoms. The lowest BCUT2D eigenvalue weighted by atomic mass is 10.2. The number of rotatable bonds is 6. The van der Waals surface area contributed by atoms with E-state index in [4.69, 9.17) is 9.52 Å². The van der Waals surface area contributed by atoms with Gasteiger partial charge in [0.05, 0.1) is 12.8 Å². The van der Waals surface area contributed by atoms with Crippen LogP contribution in [0.2, 0.25) is 0 Å². The molecule has 0 saturated carbocycles. The summed E-state index contributed by atoms with van der Waals surface area (Å²) in [5.41, 5.74) is 0.164. The highest BCUT2D eigenvalue weighted by atomic mass is 32.2. The van der Waals surface area contributed by atoms with Crippen LogP contribution in [-0.4, -0.2) is 33.3 Å². The smallest absolute Gasteiger partial charge is 0.339 e. The minimum Gasteiger partial charge on any atom is -0.478 e. The van der Waals surface area contributed by atoms with Crippen LogP contribution in [-0.2, 0) is 17.3 Å². The minimum absolute atomic E-state index is 0.0533. The van der Waals surface area contributed by atoms with Crippen LogP contribution in [0.1, 0.15) is 23.0 Å². The third-order valence-corrected chi connectivity index (χ3v) is 3.04. The molecule has 2 atom stereocenters. The van der Waals surface area contributed by atoms with Gasteiger partial charge < -0.3 is 14.8 Å². The Balaban J connectivity index is 2.51. The van der Waals surface area contributed by atoms with Gasteiger partial charge in [0.2, 0.25) is 0 Å². The van der Waals surface area contributed by atoms with E-state index in [0.29, 0.717) is 18.1 Å². The minimum atomic E-state index is -1.00. The van der Waals surface area contributed by atoms with Crippen molar-refractivity contribution in [2.75, 3.05) is 12.0 Å². The molecule has 0 fully saturated rings. The molecule has 0 amide bonds. The molecule has 6 heteroatoms. The summed E-state index contributed by atoms with van der Waals surface area (Å²) in [6.07, 6.45) is 2.98. The first-order valence-corrected chi connectivity index (χ1v) is 6.56. The summed E-state index contributed by atoms with van der Waals surface area (Å²) in [6.45, 7) is 2.22. The van der Waals surface area contributed by atoms with E-state index in [-0.39, 0.29) is 11.6 Å². The van der Waals surface area contributed by atoms with Crippen molar-refractivity contribution in [1.29, 1.82) is 0 Å². The molecule has 0 aliphatic rings. The molecule has 2 unspecified atom stereocenters. The molecule has 0 aromatic carbocycles. The fourth-order valence-electron chi connectivity index (χ4n) is 1.35. The van der Waals surface area contributed by atoms with Crippen molar-refractivity contribution in [2.45, 2.75) is 19.5 Å². The molecule has 0 spiro atoms. The monoisotopic (exact) mass is 245 g/mol. The lowest BCUT2D eigenvalue weighted by Crippen LogP contribution is -2.30. The van der Waals surface area contributed by atoms with Gasteiger partial charge in [-0.2, -0.15) is 0 Å². The summed E-state index contributed by atoms with van der Waals surface area (Å²) in [4.78, 5) is 10.8. The molecule has 1 rings (SSSR count). The van der Waals surface area contributed by atoms with Gasteiger partial charge in [-0.25, -0.2) is 4.79 Å². The van der Waals surface area contributed by atoms with Crippen molar-refractivity contribution >= 4 is 16.8 Å². The van der Waals surface area contributed by atoms with Crippen LogP contribution in [0, 0.1) is 0 Å². The van der Waals surface area contributed by atoms with Crippen molar-refractivity contribution < 1.29 is 18.5 Å². The molecule has 90 valence electrons. The molecule has 5 nitrogen and oxygen atoms in total. The van der Waals surface area contributed by atoms with Crippen molar-refractivity contribution in [3.8, 4) is 0 Å². The molecule has 1 aromatic heterocycles. The van der Waals surface area contributed by atoms with E-state index in [1.807, 2.05) is 6.92 Å². The Morgan fingerprint density at radius 1 is 1.69 bits per heavy atom. The van der Waals surface area contributed by atoms with Crippen molar-refractivity contribution in [3.05, 3.63) is 23.7 Å². The molecule has 1 aromatic rings. The number of furan rings is 1. The van der Waals surface area contributed by atoms with Crippen molar-refractivity contribution in [2.24, 2.45) is 0 Å². The van der Waals surface area contributed by atoms with Gasteiger partial charge in [0, 0.05) is 28.9 Å². The average molecular weight is 245 g/mol. The summed E-state index contributed by atoms with van der Waals surface area (Å²) in [5, 5.41) is 11.9. The molecule has 0 bridgehead atoms. The fraction of sp³-hybridized carbons (Fsp3) is 0.500. The lowest BCUT2D eigenvalue weighted by Gasteiger charge is -2.11. The molecule has 0 aliphatic heterocycles. The van der Waals surface area contributed by atoms with Gasteiger partial charge in [0.15, 0.2) is 0 Å². The Bertz CT molecular complexity index is 388. The highest BCUT2D eigenvalue weighted by Gasteiger charge is 2.13. The molecule has 0 saturated heterocycles. The first kappa shape index (κ1) is 12.9. The normalized spacial score (nSPS) is 14.6. The van der Waals surface area contributed by atoms with E-state index in [2.05, 4.69) is 5.32 Å². The maximum absolute atomic E-state index is 10.9. The predicted octanol–water partition coefficient (Wildman–Crippen LogP) is 0.834. The highest BCUT2D eigenvalue weighted by molar-refractivity contribution is 7.84. The number of carboxylic acids is 1. The second kappa shape index (κ2) is 5.81. The summed E-state index contributed by atoms with van der Waals surface area (Å²) in [5.74, 6) is -0.0816. The first-order valence-electron chi connectivity index (χ1n) is 4.83. The Labute approximate surface area is 96.3 Å². The van der Waals surface area contributed by atoms with Gasteiger partial charge in [-0.1, -0.05) is 0 Å². The zero-order valence-corrected chi connectivity index (χ0v) is 10.0.